The number of carbonyl (C=O) groups excluding carboxylic acids is 5. The average molecular weight is 643 g/mol. The van der Waals surface area contributed by atoms with E-state index in [9.17, 15) is 24.0 Å². The second kappa shape index (κ2) is 11.5. The average Bonchev–Trinajstić information content (AvgIpc) is 3.25. The first kappa shape index (κ1) is 28.7. The van der Waals surface area contributed by atoms with Gasteiger partial charge in [0.25, 0.3) is 23.6 Å². The normalized spacial score (nSPS) is 14.4. The zero-order chi connectivity index (χ0) is 27.9. The Balaban J connectivity index is 1.19. The molecular formula is C23H14Cl6N2O7. The van der Waals surface area contributed by atoms with Crippen LogP contribution in [0.5, 0.6) is 0 Å². The molecule has 0 N–H and O–H groups in total. The van der Waals surface area contributed by atoms with E-state index in [0.29, 0.717) is 0 Å². The Bertz CT molecular complexity index is 1310. The van der Waals surface area contributed by atoms with Crippen molar-refractivity contribution in [1.82, 2.24) is 9.80 Å². The molecule has 2 aromatic rings. The van der Waals surface area contributed by atoms with Gasteiger partial charge in [0, 0.05) is 13.1 Å². The molecule has 0 atom stereocenters. The van der Waals surface area contributed by atoms with E-state index in [-0.39, 0.29) is 91.5 Å². The fourth-order valence-corrected chi connectivity index (χ4v) is 5.27. The van der Waals surface area contributed by atoms with Crippen LogP contribution in [0.1, 0.15) is 54.3 Å². The van der Waals surface area contributed by atoms with Gasteiger partial charge in [-0.3, -0.25) is 29.0 Å². The zero-order valence-corrected chi connectivity index (χ0v) is 23.5. The summed E-state index contributed by atoms with van der Waals surface area (Å²) in [5.74, 6) is -2.44. The molecule has 38 heavy (non-hydrogen) atoms. The van der Waals surface area contributed by atoms with Crippen LogP contribution in [0.3, 0.4) is 0 Å². The van der Waals surface area contributed by atoms with E-state index in [4.69, 9.17) is 79.1 Å². The number of ether oxygens (including phenoxy) is 2. The fourth-order valence-electron chi connectivity index (χ4n) is 3.90. The van der Waals surface area contributed by atoms with Crippen LogP contribution in [0.25, 0.3) is 0 Å². The highest BCUT2D eigenvalue weighted by molar-refractivity contribution is 6.51. The Morgan fingerprint density at radius 1 is 0.605 bits per heavy atom. The number of hydrogen-bond acceptors (Lipinski definition) is 7. The first-order chi connectivity index (χ1) is 18.0. The number of nitrogens with zero attached hydrogens (tertiary/aromatic N) is 2. The summed E-state index contributed by atoms with van der Waals surface area (Å²) in [4.78, 5) is 64.0. The summed E-state index contributed by atoms with van der Waals surface area (Å²) < 4.78 is 9.89. The van der Waals surface area contributed by atoms with Crippen molar-refractivity contribution in [2.24, 2.45) is 0 Å². The first-order valence-corrected chi connectivity index (χ1v) is 13.1. The van der Waals surface area contributed by atoms with Gasteiger partial charge >= 0.3 is 6.16 Å². The van der Waals surface area contributed by atoms with Crippen molar-refractivity contribution in [3.05, 3.63) is 64.5 Å². The molecule has 0 spiro atoms. The van der Waals surface area contributed by atoms with Crippen LogP contribution >= 0.6 is 69.6 Å². The predicted molar refractivity (Wildman–Crippen MR) is 140 cm³/mol. The summed E-state index contributed by atoms with van der Waals surface area (Å²) in [6, 6.07) is 2.56. The van der Waals surface area contributed by atoms with Gasteiger partial charge in [-0.25, -0.2) is 4.79 Å². The number of rotatable bonds is 8. The lowest BCUT2D eigenvalue weighted by molar-refractivity contribution is 0.0479. The third-order valence-electron chi connectivity index (χ3n) is 5.69. The Hall–Kier alpha value is -2.27. The molecule has 0 unspecified atom stereocenters. The van der Waals surface area contributed by atoms with Gasteiger partial charge in [0.1, 0.15) is 0 Å². The SMILES string of the molecule is O=C(OCCCN1C(=O)c2cc(Cl)c(Cl)c(Cl)c2C1=O)OCCCN1C(=O)c2cc(Cl)c(Cl)c(Cl)c2C1=O. The smallest absolute Gasteiger partial charge is 0.434 e. The molecule has 0 radical (unpaired) electrons. The molecule has 2 aliphatic heterocycles. The van der Waals surface area contributed by atoms with Crippen LogP contribution in [0, 0.1) is 0 Å². The van der Waals surface area contributed by atoms with E-state index < -0.39 is 29.8 Å². The molecule has 2 aliphatic rings. The molecule has 0 saturated heterocycles. The minimum Gasteiger partial charge on any atom is -0.434 e. The molecule has 0 bridgehead atoms. The third kappa shape index (κ3) is 5.15. The number of amides is 4. The molecule has 0 aliphatic carbocycles. The molecule has 2 aromatic carbocycles. The van der Waals surface area contributed by atoms with Crippen molar-refractivity contribution in [3.63, 3.8) is 0 Å². The standard InChI is InChI=1S/C23H14Cl6N2O7/c24-11-7-9-13(17(28)15(11)26)21(34)30(19(9)32)3-1-5-37-23(36)38-6-2-4-31-20(33)10-8-12(25)16(27)18(29)14(10)22(31)35/h7-8H,1-6H2. The molecule has 0 saturated carbocycles. The molecule has 0 aromatic heterocycles. The summed E-state index contributed by atoms with van der Waals surface area (Å²) in [6.07, 6.45) is -0.751. The monoisotopic (exact) mass is 640 g/mol. The van der Waals surface area contributed by atoms with E-state index in [1.165, 1.54) is 12.1 Å². The number of carbonyl (C=O) groups is 5. The van der Waals surface area contributed by atoms with Gasteiger partial charge in [0.15, 0.2) is 0 Å². The number of imide groups is 2. The van der Waals surface area contributed by atoms with Crippen LogP contribution in [0.15, 0.2) is 12.1 Å². The molecule has 15 heteroatoms. The Morgan fingerprint density at radius 2 is 0.974 bits per heavy atom. The van der Waals surface area contributed by atoms with Crippen molar-refractivity contribution >= 4 is 99.4 Å². The summed E-state index contributed by atoms with van der Waals surface area (Å²) >= 11 is 35.9. The lowest BCUT2D eigenvalue weighted by atomic mass is 10.1. The molecule has 4 rings (SSSR count). The van der Waals surface area contributed by atoms with Crippen molar-refractivity contribution in [3.8, 4) is 0 Å². The number of fused-ring (bicyclic) bond motifs is 2. The third-order valence-corrected chi connectivity index (χ3v) is 8.21. The van der Waals surface area contributed by atoms with Gasteiger partial charge < -0.3 is 9.47 Å². The van der Waals surface area contributed by atoms with Crippen LogP contribution in [-0.4, -0.2) is 65.9 Å². The number of hydrogen-bond donors (Lipinski definition) is 0. The summed E-state index contributed by atoms with van der Waals surface area (Å²) in [5.41, 5.74) is 0.0263. The van der Waals surface area contributed by atoms with Crippen LogP contribution < -0.4 is 0 Å². The molecule has 4 amide bonds. The highest BCUT2D eigenvalue weighted by atomic mass is 35.5. The maximum absolute atomic E-state index is 12.6. The molecule has 2 heterocycles. The van der Waals surface area contributed by atoms with Gasteiger partial charge in [-0.15, -0.1) is 0 Å². The van der Waals surface area contributed by atoms with Crippen molar-refractivity contribution in [2.75, 3.05) is 26.3 Å². The minimum absolute atomic E-state index is 0.0262. The zero-order valence-electron chi connectivity index (χ0n) is 18.9. The number of benzene rings is 2. The lowest BCUT2D eigenvalue weighted by Crippen LogP contribution is -2.32. The summed E-state index contributed by atoms with van der Waals surface area (Å²) in [7, 11) is 0. The minimum atomic E-state index is -1.00. The largest absolute Gasteiger partial charge is 0.508 e. The highest BCUT2D eigenvalue weighted by Gasteiger charge is 2.39. The predicted octanol–water partition coefficient (Wildman–Crippen LogP) is 6.43. The Morgan fingerprint density at radius 3 is 1.34 bits per heavy atom. The molecule has 9 nitrogen and oxygen atoms in total. The highest BCUT2D eigenvalue weighted by Crippen LogP contribution is 2.40. The second-order valence-corrected chi connectivity index (χ2v) is 10.3. The number of halogens is 6. The maximum Gasteiger partial charge on any atom is 0.508 e. The van der Waals surface area contributed by atoms with E-state index in [0.717, 1.165) is 9.80 Å². The quantitative estimate of drug-likeness (QED) is 0.141. The van der Waals surface area contributed by atoms with E-state index >= 15 is 0 Å². The van der Waals surface area contributed by atoms with Gasteiger partial charge in [-0.2, -0.15) is 0 Å². The van der Waals surface area contributed by atoms with Crippen LogP contribution in [0.2, 0.25) is 30.1 Å². The Kier molecular flexibility index (Phi) is 8.66. The Labute approximate surface area is 245 Å². The van der Waals surface area contributed by atoms with Crippen molar-refractivity contribution in [1.29, 1.82) is 0 Å². The van der Waals surface area contributed by atoms with Crippen LogP contribution in [-0.2, 0) is 9.47 Å². The molecule has 200 valence electrons. The van der Waals surface area contributed by atoms with Gasteiger partial charge in [-0.05, 0) is 25.0 Å². The van der Waals surface area contributed by atoms with E-state index in [1.807, 2.05) is 0 Å². The summed E-state index contributed by atoms with van der Waals surface area (Å²) in [5, 5.41) is -0.169. The maximum atomic E-state index is 12.6. The fraction of sp³-hybridized carbons (Fsp3) is 0.261. The topological polar surface area (TPSA) is 110 Å². The molecular weight excluding hydrogens is 629 g/mol. The lowest BCUT2D eigenvalue weighted by Gasteiger charge is -2.14. The second-order valence-electron chi connectivity index (χ2n) is 8.00. The van der Waals surface area contributed by atoms with E-state index in [1.54, 1.807) is 0 Å². The van der Waals surface area contributed by atoms with Crippen molar-refractivity contribution in [2.45, 2.75) is 12.8 Å². The van der Waals surface area contributed by atoms with Gasteiger partial charge in [0.2, 0.25) is 0 Å². The van der Waals surface area contributed by atoms with E-state index in [2.05, 4.69) is 0 Å². The van der Waals surface area contributed by atoms with Gasteiger partial charge in [-0.1, -0.05) is 69.6 Å². The van der Waals surface area contributed by atoms with Crippen LogP contribution in [0.4, 0.5) is 4.79 Å². The first-order valence-electron chi connectivity index (χ1n) is 10.8. The summed E-state index contributed by atoms with van der Waals surface area (Å²) in [6.45, 7) is -0.414. The van der Waals surface area contributed by atoms with Crippen molar-refractivity contribution < 1.29 is 33.4 Å². The molecule has 0 fully saturated rings. The van der Waals surface area contributed by atoms with Gasteiger partial charge in [0.05, 0.1) is 65.6 Å².